The van der Waals surface area contributed by atoms with Crippen LogP contribution in [0.1, 0.15) is 42.4 Å². The normalized spacial score (nSPS) is 16.7. The molecule has 3 heteroatoms. The second-order valence-corrected chi connectivity index (χ2v) is 11.7. The third-order valence-corrected chi connectivity index (χ3v) is 8.85. The average Bonchev–Trinajstić information content (AvgIpc) is 3.02. The van der Waals surface area contributed by atoms with Crippen LogP contribution in [0.4, 0.5) is 11.4 Å². The van der Waals surface area contributed by atoms with Crippen molar-refractivity contribution in [2.45, 2.75) is 45.1 Å². The van der Waals surface area contributed by atoms with Crippen molar-refractivity contribution >= 4 is 11.4 Å². The van der Waals surface area contributed by atoms with E-state index < -0.39 is 0 Å². The second-order valence-electron chi connectivity index (χ2n) is 11.7. The first-order valence-electron chi connectivity index (χ1n) is 15.2. The second kappa shape index (κ2) is 13.1. The van der Waals surface area contributed by atoms with E-state index in [1.54, 1.807) is 0 Å². The molecule has 0 radical (unpaired) electrons. The standard InChI is InChI=1S/C37H42N2O/c1-4-10-30(11-5-1)26-32-18-22-38(23-19-32)35-16-17-37(40-29-34-14-8-3-9-15-34)36(28-35)39-24-20-33(21-25-39)27-31-12-6-2-7-13-31/h1-17,28,32-33H,18-27,29H2. The van der Waals surface area contributed by atoms with Gasteiger partial charge < -0.3 is 14.5 Å². The van der Waals surface area contributed by atoms with Crippen molar-refractivity contribution in [3.8, 4) is 5.75 Å². The molecule has 4 aromatic carbocycles. The van der Waals surface area contributed by atoms with Gasteiger partial charge in [-0.3, -0.25) is 0 Å². The molecule has 0 bridgehead atoms. The third-order valence-electron chi connectivity index (χ3n) is 8.85. The van der Waals surface area contributed by atoms with Gasteiger partial charge in [-0.15, -0.1) is 0 Å². The Morgan fingerprint density at radius 2 is 1.00 bits per heavy atom. The molecule has 0 aromatic heterocycles. The van der Waals surface area contributed by atoms with Gasteiger partial charge >= 0.3 is 0 Å². The van der Waals surface area contributed by atoms with E-state index in [4.69, 9.17) is 4.74 Å². The Morgan fingerprint density at radius 3 is 1.52 bits per heavy atom. The van der Waals surface area contributed by atoms with Crippen molar-refractivity contribution in [3.63, 3.8) is 0 Å². The summed E-state index contributed by atoms with van der Waals surface area (Å²) in [6, 6.07) is 39.4. The predicted octanol–water partition coefficient (Wildman–Crippen LogP) is 8.18. The quantitative estimate of drug-likeness (QED) is 0.217. The van der Waals surface area contributed by atoms with Crippen LogP contribution in [-0.2, 0) is 19.4 Å². The summed E-state index contributed by atoms with van der Waals surface area (Å²) < 4.78 is 6.46. The van der Waals surface area contributed by atoms with Crippen LogP contribution in [0.5, 0.6) is 5.75 Å². The average molecular weight is 531 g/mol. The lowest BCUT2D eigenvalue weighted by atomic mass is 9.89. The van der Waals surface area contributed by atoms with Gasteiger partial charge in [0.05, 0.1) is 5.69 Å². The summed E-state index contributed by atoms with van der Waals surface area (Å²) in [5.74, 6) is 2.53. The molecular formula is C37H42N2O. The molecule has 2 saturated heterocycles. The Bertz CT molecular complexity index is 1310. The summed E-state index contributed by atoms with van der Waals surface area (Å²) >= 11 is 0. The highest BCUT2D eigenvalue weighted by Crippen LogP contribution is 2.37. The van der Waals surface area contributed by atoms with E-state index >= 15 is 0 Å². The Labute approximate surface area is 240 Å². The van der Waals surface area contributed by atoms with Crippen LogP contribution in [-0.4, -0.2) is 26.2 Å². The number of benzene rings is 4. The summed E-state index contributed by atoms with van der Waals surface area (Å²) in [7, 11) is 0. The lowest BCUT2D eigenvalue weighted by Gasteiger charge is -2.37. The highest BCUT2D eigenvalue weighted by atomic mass is 16.5. The summed E-state index contributed by atoms with van der Waals surface area (Å²) in [6.45, 7) is 5.02. The molecule has 2 fully saturated rings. The fourth-order valence-electron chi connectivity index (χ4n) is 6.48. The van der Waals surface area contributed by atoms with Gasteiger partial charge in [-0.25, -0.2) is 0 Å². The Morgan fingerprint density at radius 1 is 0.525 bits per heavy atom. The first kappa shape index (κ1) is 26.5. The summed E-state index contributed by atoms with van der Waals surface area (Å²) in [4.78, 5) is 5.17. The maximum atomic E-state index is 6.46. The van der Waals surface area contributed by atoms with E-state index in [1.165, 1.54) is 66.6 Å². The Balaban J connectivity index is 1.13. The summed E-state index contributed by atoms with van der Waals surface area (Å²) in [5, 5.41) is 0. The van der Waals surface area contributed by atoms with Crippen LogP contribution in [0, 0.1) is 11.8 Å². The van der Waals surface area contributed by atoms with E-state index in [0.717, 1.165) is 43.8 Å². The highest BCUT2D eigenvalue weighted by Gasteiger charge is 2.25. The zero-order valence-electron chi connectivity index (χ0n) is 23.6. The highest BCUT2D eigenvalue weighted by molar-refractivity contribution is 5.67. The van der Waals surface area contributed by atoms with Crippen LogP contribution < -0.4 is 14.5 Å². The topological polar surface area (TPSA) is 15.7 Å². The summed E-state index contributed by atoms with van der Waals surface area (Å²) in [5.41, 5.74) is 6.74. The third kappa shape index (κ3) is 6.88. The number of rotatable bonds is 9. The molecule has 0 spiro atoms. The fraction of sp³-hybridized carbons (Fsp3) is 0.351. The van der Waals surface area contributed by atoms with E-state index in [1.807, 2.05) is 0 Å². The zero-order chi connectivity index (χ0) is 27.0. The minimum absolute atomic E-state index is 0.600. The number of hydrogen-bond acceptors (Lipinski definition) is 3. The van der Waals surface area contributed by atoms with Crippen LogP contribution in [0.2, 0.25) is 0 Å². The van der Waals surface area contributed by atoms with Crippen molar-refractivity contribution in [2.75, 3.05) is 36.0 Å². The monoisotopic (exact) mass is 530 g/mol. The maximum Gasteiger partial charge on any atom is 0.143 e. The Hall–Kier alpha value is -3.72. The zero-order valence-corrected chi connectivity index (χ0v) is 23.6. The lowest BCUT2D eigenvalue weighted by Crippen LogP contribution is -2.36. The molecule has 0 amide bonds. The van der Waals surface area contributed by atoms with E-state index in [-0.39, 0.29) is 0 Å². The number of nitrogens with zero attached hydrogens (tertiary/aromatic N) is 2. The molecule has 2 heterocycles. The van der Waals surface area contributed by atoms with Gasteiger partial charge in [-0.05, 0) is 85.3 Å². The van der Waals surface area contributed by atoms with Gasteiger partial charge in [0.1, 0.15) is 12.4 Å². The maximum absolute atomic E-state index is 6.46. The fourth-order valence-corrected chi connectivity index (χ4v) is 6.48. The van der Waals surface area contributed by atoms with E-state index in [2.05, 4.69) is 119 Å². The van der Waals surface area contributed by atoms with E-state index in [9.17, 15) is 0 Å². The smallest absolute Gasteiger partial charge is 0.143 e. The van der Waals surface area contributed by atoms with Crippen LogP contribution in [0.25, 0.3) is 0 Å². The predicted molar refractivity (Wildman–Crippen MR) is 167 cm³/mol. The van der Waals surface area contributed by atoms with Crippen LogP contribution in [0.3, 0.4) is 0 Å². The molecule has 0 N–H and O–H groups in total. The minimum Gasteiger partial charge on any atom is -0.487 e. The van der Waals surface area contributed by atoms with Crippen molar-refractivity contribution in [2.24, 2.45) is 11.8 Å². The molecule has 206 valence electrons. The van der Waals surface area contributed by atoms with Gasteiger partial charge in [-0.2, -0.15) is 0 Å². The molecule has 3 nitrogen and oxygen atoms in total. The van der Waals surface area contributed by atoms with Crippen LogP contribution >= 0.6 is 0 Å². The molecule has 2 aliphatic heterocycles. The first-order valence-corrected chi connectivity index (χ1v) is 15.2. The van der Waals surface area contributed by atoms with Crippen molar-refractivity contribution < 1.29 is 4.74 Å². The molecule has 0 saturated carbocycles. The number of ether oxygens (including phenoxy) is 1. The van der Waals surface area contributed by atoms with Crippen molar-refractivity contribution in [3.05, 3.63) is 126 Å². The Kier molecular flexibility index (Phi) is 8.67. The van der Waals surface area contributed by atoms with Crippen molar-refractivity contribution in [1.29, 1.82) is 0 Å². The first-order chi connectivity index (χ1) is 19.8. The largest absolute Gasteiger partial charge is 0.487 e. The molecule has 4 aromatic rings. The molecule has 0 unspecified atom stereocenters. The van der Waals surface area contributed by atoms with Gasteiger partial charge in [0.25, 0.3) is 0 Å². The van der Waals surface area contributed by atoms with Gasteiger partial charge in [0.15, 0.2) is 0 Å². The van der Waals surface area contributed by atoms with Gasteiger partial charge in [0, 0.05) is 31.9 Å². The van der Waals surface area contributed by atoms with E-state index in [0.29, 0.717) is 6.61 Å². The van der Waals surface area contributed by atoms with Gasteiger partial charge in [-0.1, -0.05) is 91.0 Å². The molecule has 0 aliphatic carbocycles. The molecule has 0 atom stereocenters. The molecule has 40 heavy (non-hydrogen) atoms. The van der Waals surface area contributed by atoms with Gasteiger partial charge in [0.2, 0.25) is 0 Å². The SMILES string of the molecule is c1ccc(COc2ccc(N3CCC(Cc4ccccc4)CC3)cc2N2CCC(Cc3ccccc3)CC2)cc1. The molecular weight excluding hydrogens is 488 g/mol. The number of piperidine rings is 2. The van der Waals surface area contributed by atoms with Crippen LogP contribution in [0.15, 0.2) is 109 Å². The van der Waals surface area contributed by atoms with Crippen molar-refractivity contribution in [1.82, 2.24) is 0 Å². The molecule has 6 rings (SSSR count). The number of hydrogen-bond donors (Lipinski definition) is 0. The summed E-state index contributed by atoms with van der Waals surface area (Å²) in [6.07, 6.45) is 7.33. The lowest BCUT2D eigenvalue weighted by molar-refractivity contribution is 0.304. The molecule has 2 aliphatic rings. The minimum atomic E-state index is 0.600. The number of anilines is 2.